The lowest BCUT2D eigenvalue weighted by Gasteiger charge is -2.48. The van der Waals surface area contributed by atoms with Crippen molar-refractivity contribution < 1.29 is 19.8 Å². The lowest BCUT2D eigenvalue weighted by Crippen LogP contribution is -2.49. The van der Waals surface area contributed by atoms with E-state index < -0.39 is 11.9 Å². The molecule has 1 atom stereocenters. The van der Waals surface area contributed by atoms with Crippen molar-refractivity contribution in [2.75, 3.05) is 17.2 Å². The van der Waals surface area contributed by atoms with E-state index in [0.717, 1.165) is 18.7 Å². The summed E-state index contributed by atoms with van der Waals surface area (Å²) >= 11 is 1.49. The standard InChI is InChI=1S/C24H29NO4S/c1-14-8-20-16(3)13-24(4,5)25(21(20)9-15(14)2)6-7-30-19-11-17(22(26)27)10-18(12-19)23(28)29/h8-12,16H,6-7,13H2,1-5H3,(H,26,27)(H,28,29). The molecule has 30 heavy (non-hydrogen) atoms. The zero-order chi connectivity index (χ0) is 22.2. The van der Waals surface area contributed by atoms with Crippen LogP contribution in [0, 0.1) is 13.8 Å². The van der Waals surface area contributed by atoms with Crippen LogP contribution in [0.3, 0.4) is 0 Å². The Morgan fingerprint density at radius 1 is 1.03 bits per heavy atom. The summed E-state index contributed by atoms with van der Waals surface area (Å²) in [5.41, 5.74) is 5.24. The van der Waals surface area contributed by atoms with Gasteiger partial charge < -0.3 is 15.1 Å². The number of hydrogen-bond donors (Lipinski definition) is 2. The van der Waals surface area contributed by atoms with Gasteiger partial charge in [-0.25, -0.2) is 9.59 Å². The molecule has 0 saturated heterocycles. The Labute approximate surface area is 182 Å². The Kier molecular flexibility index (Phi) is 6.18. The van der Waals surface area contributed by atoms with Crippen LogP contribution in [0.5, 0.6) is 0 Å². The summed E-state index contributed by atoms with van der Waals surface area (Å²) in [6.45, 7) is 11.9. The fourth-order valence-electron chi connectivity index (χ4n) is 4.35. The Balaban J connectivity index is 1.84. The molecule has 160 valence electrons. The molecule has 0 bridgehead atoms. The minimum Gasteiger partial charge on any atom is -0.478 e. The number of anilines is 1. The number of aromatic carboxylic acids is 2. The lowest BCUT2D eigenvalue weighted by atomic mass is 9.79. The van der Waals surface area contributed by atoms with Gasteiger partial charge in [-0.3, -0.25) is 0 Å². The first-order valence-corrected chi connectivity index (χ1v) is 11.1. The molecule has 5 nitrogen and oxygen atoms in total. The van der Waals surface area contributed by atoms with E-state index in [1.807, 2.05) is 0 Å². The van der Waals surface area contributed by atoms with Gasteiger partial charge in [0, 0.05) is 28.4 Å². The van der Waals surface area contributed by atoms with E-state index in [0.29, 0.717) is 10.8 Å². The normalized spacial score (nSPS) is 17.5. The summed E-state index contributed by atoms with van der Waals surface area (Å²) in [5.74, 6) is -1.02. The van der Waals surface area contributed by atoms with Gasteiger partial charge in [0.25, 0.3) is 0 Å². The molecule has 3 rings (SSSR count). The van der Waals surface area contributed by atoms with Gasteiger partial charge in [-0.1, -0.05) is 13.0 Å². The molecule has 0 saturated carbocycles. The van der Waals surface area contributed by atoms with Crippen molar-refractivity contribution in [2.45, 2.75) is 57.4 Å². The van der Waals surface area contributed by atoms with E-state index in [9.17, 15) is 19.8 Å². The predicted octanol–water partition coefficient (Wildman–Crippen LogP) is 5.58. The molecule has 0 aliphatic carbocycles. The molecule has 1 unspecified atom stereocenters. The number of carboxylic acids is 2. The predicted molar refractivity (Wildman–Crippen MR) is 121 cm³/mol. The monoisotopic (exact) mass is 427 g/mol. The minimum absolute atomic E-state index is 0.000901. The molecule has 0 spiro atoms. The maximum atomic E-state index is 11.4. The first-order valence-electron chi connectivity index (χ1n) is 10.1. The van der Waals surface area contributed by atoms with Gasteiger partial charge in [-0.2, -0.15) is 0 Å². The van der Waals surface area contributed by atoms with Crippen molar-refractivity contribution >= 4 is 29.4 Å². The first-order chi connectivity index (χ1) is 14.0. The van der Waals surface area contributed by atoms with Crippen LogP contribution < -0.4 is 4.90 Å². The molecule has 2 aromatic carbocycles. The summed E-state index contributed by atoms with van der Waals surface area (Å²) in [6, 6.07) is 8.88. The summed E-state index contributed by atoms with van der Waals surface area (Å²) in [7, 11) is 0. The van der Waals surface area contributed by atoms with Crippen LogP contribution in [0.15, 0.2) is 35.2 Å². The second-order valence-corrected chi connectivity index (χ2v) is 9.94. The number of fused-ring (bicyclic) bond motifs is 1. The number of thioether (sulfide) groups is 1. The fraction of sp³-hybridized carbons (Fsp3) is 0.417. The number of hydrogen-bond acceptors (Lipinski definition) is 4. The lowest BCUT2D eigenvalue weighted by molar-refractivity contribution is 0.0696. The van der Waals surface area contributed by atoms with Crippen LogP contribution in [0.1, 0.15) is 70.5 Å². The SMILES string of the molecule is Cc1cc2c(cc1C)N(CCSc1cc(C(=O)O)cc(C(=O)O)c1)C(C)(C)CC2C. The van der Waals surface area contributed by atoms with Crippen LogP contribution in [0.2, 0.25) is 0 Å². The second-order valence-electron chi connectivity index (χ2n) is 8.77. The third-order valence-electron chi connectivity index (χ3n) is 5.99. The van der Waals surface area contributed by atoms with Crippen molar-refractivity contribution in [1.82, 2.24) is 0 Å². The van der Waals surface area contributed by atoms with Gasteiger partial charge in [0.05, 0.1) is 11.1 Å². The maximum Gasteiger partial charge on any atom is 0.335 e. The number of rotatable bonds is 6. The highest BCUT2D eigenvalue weighted by molar-refractivity contribution is 7.99. The third-order valence-corrected chi connectivity index (χ3v) is 6.94. The van der Waals surface area contributed by atoms with Gasteiger partial charge in [-0.15, -0.1) is 11.8 Å². The Bertz CT molecular complexity index is 967. The minimum atomic E-state index is -1.12. The second kappa shape index (κ2) is 8.34. The van der Waals surface area contributed by atoms with Gasteiger partial charge in [0.2, 0.25) is 0 Å². The smallest absolute Gasteiger partial charge is 0.335 e. The molecule has 0 fully saturated rings. The average molecular weight is 428 g/mol. The summed E-state index contributed by atoms with van der Waals surface area (Å²) in [5, 5.41) is 18.6. The van der Waals surface area contributed by atoms with Crippen LogP contribution in [-0.4, -0.2) is 40.0 Å². The van der Waals surface area contributed by atoms with E-state index in [2.05, 4.69) is 51.7 Å². The number of carbonyl (C=O) groups is 2. The fourth-order valence-corrected chi connectivity index (χ4v) is 5.28. The van der Waals surface area contributed by atoms with Gasteiger partial charge >= 0.3 is 11.9 Å². The van der Waals surface area contributed by atoms with E-state index in [1.165, 1.54) is 40.2 Å². The molecule has 1 aliphatic heterocycles. The summed E-state index contributed by atoms with van der Waals surface area (Å²) in [6.07, 6.45) is 1.06. The van der Waals surface area contributed by atoms with Crippen LogP contribution >= 0.6 is 11.8 Å². The van der Waals surface area contributed by atoms with Gasteiger partial charge in [0.15, 0.2) is 0 Å². The van der Waals surface area contributed by atoms with E-state index in [1.54, 1.807) is 12.1 Å². The number of aryl methyl sites for hydroxylation is 2. The molecule has 2 N–H and O–H groups in total. The quantitative estimate of drug-likeness (QED) is 0.586. The molecule has 1 heterocycles. The average Bonchev–Trinajstić information content (AvgIpc) is 2.65. The van der Waals surface area contributed by atoms with Crippen LogP contribution in [-0.2, 0) is 0 Å². The van der Waals surface area contributed by atoms with Crippen molar-refractivity contribution in [1.29, 1.82) is 0 Å². The van der Waals surface area contributed by atoms with Crippen molar-refractivity contribution in [3.63, 3.8) is 0 Å². The molecular weight excluding hydrogens is 398 g/mol. The molecule has 0 amide bonds. The molecule has 6 heteroatoms. The van der Waals surface area contributed by atoms with E-state index in [-0.39, 0.29) is 16.7 Å². The zero-order valence-corrected chi connectivity index (χ0v) is 19.0. The number of nitrogens with zero attached hydrogens (tertiary/aromatic N) is 1. The summed E-state index contributed by atoms with van der Waals surface area (Å²) < 4.78 is 0. The number of carboxylic acid groups (broad SMARTS) is 2. The zero-order valence-electron chi connectivity index (χ0n) is 18.2. The highest BCUT2D eigenvalue weighted by Gasteiger charge is 2.36. The molecule has 2 aromatic rings. The Hall–Kier alpha value is -2.47. The third kappa shape index (κ3) is 4.48. The molecule has 0 aromatic heterocycles. The van der Waals surface area contributed by atoms with Crippen molar-refractivity contribution in [2.24, 2.45) is 0 Å². The maximum absolute atomic E-state index is 11.4. The van der Waals surface area contributed by atoms with Gasteiger partial charge in [0.1, 0.15) is 0 Å². The van der Waals surface area contributed by atoms with Crippen LogP contribution in [0.4, 0.5) is 5.69 Å². The Morgan fingerprint density at radius 3 is 2.17 bits per heavy atom. The summed E-state index contributed by atoms with van der Waals surface area (Å²) in [4.78, 5) is 25.8. The Morgan fingerprint density at radius 2 is 1.60 bits per heavy atom. The van der Waals surface area contributed by atoms with E-state index in [4.69, 9.17) is 0 Å². The van der Waals surface area contributed by atoms with E-state index >= 15 is 0 Å². The van der Waals surface area contributed by atoms with Crippen LogP contribution in [0.25, 0.3) is 0 Å². The highest BCUT2D eigenvalue weighted by Crippen LogP contribution is 2.44. The topological polar surface area (TPSA) is 77.8 Å². The number of benzene rings is 2. The first kappa shape index (κ1) is 22.2. The molecule has 1 aliphatic rings. The van der Waals surface area contributed by atoms with Crippen molar-refractivity contribution in [3.8, 4) is 0 Å². The largest absolute Gasteiger partial charge is 0.478 e. The molecule has 0 radical (unpaired) electrons. The van der Waals surface area contributed by atoms with Gasteiger partial charge in [-0.05, 0) is 81.0 Å². The highest BCUT2D eigenvalue weighted by atomic mass is 32.2. The van der Waals surface area contributed by atoms with Crippen molar-refractivity contribution in [3.05, 3.63) is 58.1 Å². The molecular formula is C24H29NO4S.